The van der Waals surface area contributed by atoms with Gasteiger partial charge in [0.2, 0.25) is 10.0 Å². The van der Waals surface area contributed by atoms with Gasteiger partial charge in [0.1, 0.15) is 5.82 Å². The molecule has 7 heteroatoms. The number of sulfonamides is 1. The Hall–Kier alpha value is -1.47. The zero-order chi connectivity index (χ0) is 15.3. The van der Waals surface area contributed by atoms with E-state index in [2.05, 4.69) is 4.72 Å². The lowest BCUT2D eigenvalue weighted by Gasteiger charge is -2.15. The van der Waals surface area contributed by atoms with E-state index < -0.39 is 21.8 Å². The largest absolute Gasteiger partial charge is 0.481 e. The Morgan fingerprint density at radius 2 is 2.10 bits per heavy atom. The molecule has 2 N–H and O–H groups in total. The smallest absolute Gasteiger partial charge is 0.303 e. The standard InChI is InChI=1S/C13H18FNO4S/c1-9-8-11(14)6-7-12(9)20(18,19)15-10(2)4-3-5-13(16)17/h6-8,10,15H,3-5H2,1-2H3,(H,16,17). The molecule has 112 valence electrons. The first kappa shape index (κ1) is 16.6. The summed E-state index contributed by atoms with van der Waals surface area (Å²) in [6.07, 6.45) is 0.814. The summed E-state index contributed by atoms with van der Waals surface area (Å²) in [5.74, 6) is -1.40. The third-order valence-electron chi connectivity index (χ3n) is 2.81. The van der Waals surface area contributed by atoms with Crippen LogP contribution in [-0.2, 0) is 14.8 Å². The van der Waals surface area contributed by atoms with Crippen molar-refractivity contribution in [1.29, 1.82) is 0 Å². The molecule has 0 spiro atoms. The SMILES string of the molecule is Cc1cc(F)ccc1S(=O)(=O)NC(C)CCCC(=O)O. The predicted molar refractivity (Wildman–Crippen MR) is 72.4 cm³/mol. The number of nitrogens with one attached hydrogen (secondary N) is 1. The van der Waals surface area contributed by atoms with Crippen molar-refractivity contribution >= 4 is 16.0 Å². The van der Waals surface area contributed by atoms with Crippen LogP contribution in [0.15, 0.2) is 23.1 Å². The van der Waals surface area contributed by atoms with Gasteiger partial charge < -0.3 is 5.11 Å². The van der Waals surface area contributed by atoms with Crippen LogP contribution in [-0.4, -0.2) is 25.5 Å². The summed E-state index contributed by atoms with van der Waals surface area (Å²) in [6.45, 7) is 3.19. The van der Waals surface area contributed by atoms with Gasteiger partial charge in [-0.05, 0) is 50.5 Å². The predicted octanol–water partition coefficient (Wildman–Crippen LogP) is 2.06. The second-order valence-corrected chi connectivity index (χ2v) is 6.40. The van der Waals surface area contributed by atoms with Crippen molar-refractivity contribution in [2.75, 3.05) is 0 Å². The molecule has 0 radical (unpaired) electrons. The van der Waals surface area contributed by atoms with E-state index in [4.69, 9.17) is 5.11 Å². The van der Waals surface area contributed by atoms with E-state index in [0.717, 1.165) is 12.1 Å². The van der Waals surface area contributed by atoms with E-state index in [9.17, 15) is 17.6 Å². The van der Waals surface area contributed by atoms with E-state index in [-0.39, 0.29) is 17.4 Å². The van der Waals surface area contributed by atoms with Crippen LogP contribution in [0.5, 0.6) is 0 Å². The first-order valence-corrected chi connectivity index (χ1v) is 7.71. The van der Waals surface area contributed by atoms with E-state index in [1.165, 1.54) is 13.0 Å². The molecule has 0 heterocycles. The maximum absolute atomic E-state index is 13.0. The molecule has 0 saturated heterocycles. The molecule has 20 heavy (non-hydrogen) atoms. The van der Waals surface area contributed by atoms with Gasteiger partial charge in [0, 0.05) is 12.5 Å². The third-order valence-corrected chi connectivity index (χ3v) is 4.56. The van der Waals surface area contributed by atoms with Gasteiger partial charge in [-0.25, -0.2) is 17.5 Å². The highest BCUT2D eigenvalue weighted by Crippen LogP contribution is 2.17. The summed E-state index contributed by atoms with van der Waals surface area (Å²) in [5.41, 5.74) is 0.329. The third kappa shape index (κ3) is 4.90. The lowest BCUT2D eigenvalue weighted by atomic mass is 10.1. The van der Waals surface area contributed by atoms with Crippen molar-refractivity contribution in [1.82, 2.24) is 4.72 Å². The topological polar surface area (TPSA) is 83.5 Å². The maximum Gasteiger partial charge on any atom is 0.303 e. The quantitative estimate of drug-likeness (QED) is 0.807. The first-order chi connectivity index (χ1) is 9.22. The number of aryl methyl sites for hydroxylation is 1. The van der Waals surface area contributed by atoms with E-state index in [1.54, 1.807) is 6.92 Å². The second-order valence-electron chi connectivity index (χ2n) is 4.72. The van der Waals surface area contributed by atoms with Gasteiger partial charge in [0.15, 0.2) is 0 Å². The Balaban J connectivity index is 2.72. The molecule has 1 aromatic carbocycles. The van der Waals surface area contributed by atoms with Crippen molar-refractivity contribution in [3.63, 3.8) is 0 Å². The van der Waals surface area contributed by atoms with Crippen molar-refractivity contribution in [2.45, 2.75) is 44.0 Å². The highest BCUT2D eigenvalue weighted by Gasteiger charge is 2.19. The minimum absolute atomic E-state index is 0.00163. The summed E-state index contributed by atoms with van der Waals surface area (Å²) in [5, 5.41) is 8.53. The molecule has 0 aliphatic rings. The Morgan fingerprint density at radius 1 is 1.45 bits per heavy atom. The molecule has 0 amide bonds. The number of carbonyl (C=O) groups is 1. The molecule has 1 aromatic rings. The van der Waals surface area contributed by atoms with E-state index in [0.29, 0.717) is 18.4 Å². The number of rotatable bonds is 7. The van der Waals surface area contributed by atoms with Crippen molar-refractivity contribution < 1.29 is 22.7 Å². The summed E-state index contributed by atoms with van der Waals surface area (Å²) in [4.78, 5) is 10.4. The Kier molecular flexibility index (Phi) is 5.64. The summed E-state index contributed by atoms with van der Waals surface area (Å²) in [6, 6.07) is 3.08. The second kappa shape index (κ2) is 6.81. The van der Waals surface area contributed by atoms with Crippen LogP contribution in [0.1, 0.15) is 31.7 Å². The Bertz CT molecular complexity index is 586. The zero-order valence-electron chi connectivity index (χ0n) is 11.4. The highest BCUT2D eigenvalue weighted by atomic mass is 32.2. The lowest BCUT2D eigenvalue weighted by Crippen LogP contribution is -2.33. The average molecular weight is 303 g/mol. The number of carboxylic acids is 1. The van der Waals surface area contributed by atoms with Crippen LogP contribution < -0.4 is 4.72 Å². The van der Waals surface area contributed by atoms with Crippen molar-refractivity contribution in [3.8, 4) is 0 Å². The fourth-order valence-corrected chi connectivity index (χ4v) is 3.37. The number of benzene rings is 1. The van der Waals surface area contributed by atoms with Gasteiger partial charge >= 0.3 is 5.97 Å². The molecular weight excluding hydrogens is 285 g/mol. The summed E-state index contributed by atoms with van der Waals surface area (Å²) in [7, 11) is -3.72. The molecule has 0 aromatic heterocycles. The molecule has 1 rings (SSSR count). The first-order valence-electron chi connectivity index (χ1n) is 6.22. The van der Waals surface area contributed by atoms with Gasteiger partial charge in [0.05, 0.1) is 4.90 Å². The summed E-state index contributed by atoms with van der Waals surface area (Å²) < 4.78 is 39.7. The Labute approximate surface area is 117 Å². The minimum Gasteiger partial charge on any atom is -0.481 e. The fourth-order valence-electron chi connectivity index (χ4n) is 1.86. The lowest BCUT2D eigenvalue weighted by molar-refractivity contribution is -0.137. The molecule has 1 unspecified atom stereocenters. The normalized spacial score (nSPS) is 13.2. The van der Waals surface area contributed by atoms with Gasteiger partial charge in [-0.2, -0.15) is 0 Å². The molecule has 0 bridgehead atoms. The van der Waals surface area contributed by atoms with Crippen LogP contribution in [0.4, 0.5) is 4.39 Å². The number of aliphatic carboxylic acids is 1. The number of halogens is 1. The minimum atomic E-state index is -3.72. The van der Waals surface area contributed by atoms with Gasteiger partial charge in [-0.15, -0.1) is 0 Å². The van der Waals surface area contributed by atoms with Gasteiger partial charge in [-0.3, -0.25) is 4.79 Å². The molecule has 0 aliphatic heterocycles. The van der Waals surface area contributed by atoms with E-state index in [1.807, 2.05) is 0 Å². The van der Waals surface area contributed by atoms with Crippen LogP contribution in [0.25, 0.3) is 0 Å². The van der Waals surface area contributed by atoms with Crippen LogP contribution >= 0.6 is 0 Å². The van der Waals surface area contributed by atoms with Gasteiger partial charge in [-0.1, -0.05) is 0 Å². The highest BCUT2D eigenvalue weighted by molar-refractivity contribution is 7.89. The number of hydrogen-bond donors (Lipinski definition) is 2. The maximum atomic E-state index is 13.0. The number of carboxylic acid groups (broad SMARTS) is 1. The molecule has 0 saturated carbocycles. The van der Waals surface area contributed by atoms with Crippen LogP contribution in [0, 0.1) is 12.7 Å². The number of hydrogen-bond acceptors (Lipinski definition) is 3. The molecular formula is C13H18FNO4S. The molecule has 0 aliphatic carbocycles. The Morgan fingerprint density at radius 3 is 2.65 bits per heavy atom. The average Bonchev–Trinajstić information content (AvgIpc) is 2.26. The monoisotopic (exact) mass is 303 g/mol. The van der Waals surface area contributed by atoms with Gasteiger partial charge in [0.25, 0.3) is 0 Å². The van der Waals surface area contributed by atoms with E-state index >= 15 is 0 Å². The van der Waals surface area contributed by atoms with Crippen molar-refractivity contribution in [2.24, 2.45) is 0 Å². The molecule has 5 nitrogen and oxygen atoms in total. The van der Waals surface area contributed by atoms with Crippen LogP contribution in [0.2, 0.25) is 0 Å². The molecule has 0 fully saturated rings. The van der Waals surface area contributed by atoms with Crippen LogP contribution in [0.3, 0.4) is 0 Å². The zero-order valence-corrected chi connectivity index (χ0v) is 12.2. The van der Waals surface area contributed by atoms with Crippen molar-refractivity contribution in [3.05, 3.63) is 29.6 Å². The molecule has 1 atom stereocenters. The summed E-state index contributed by atoms with van der Waals surface area (Å²) >= 11 is 0. The fraction of sp³-hybridized carbons (Fsp3) is 0.462.